The Labute approximate surface area is 138 Å². The first-order chi connectivity index (χ1) is 11.5. The Morgan fingerprint density at radius 1 is 1.12 bits per heavy atom. The fourth-order valence-electron chi connectivity index (χ4n) is 2.72. The van der Waals surface area contributed by atoms with Crippen LogP contribution < -0.4 is 11.3 Å². The van der Waals surface area contributed by atoms with Crippen LogP contribution in [0.1, 0.15) is 22.3 Å². The van der Waals surface area contributed by atoms with Gasteiger partial charge >= 0.3 is 0 Å². The van der Waals surface area contributed by atoms with Crippen LogP contribution in [0.2, 0.25) is 0 Å². The topological polar surface area (TPSA) is 65.1 Å². The van der Waals surface area contributed by atoms with Crippen molar-refractivity contribution in [3.8, 4) is 0 Å². The summed E-state index contributed by atoms with van der Waals surface area (Å²) < 4.78 is 14.1. The summed E-state index contributed by atoms with van der Waals surface area (Å²) in [6.07, 6.45) is 0.586. The Balaban J connectivity index is 1.96. The molecule has 4 nitrogen and oxygen atoms in total. The highest BCUT2D eigenvalue weighted by atomic mass is 19.1. The molecule has 0 fully saturated rings. The standard InChI is InChI=1S/C19H17FN2O2/c1-12-10-14-5-8-16(21)11-17(14)22(19(12)24)18(23)9-4-13-2-6-15(20)7-3-13/h2-3,5-8,10-11H,4,9,21H2,1H3. The Morgan fingerprint density at radius 2 is 1.83 bits per heavy atom. The molecule has 122 valence electrons. The molecule has 0 saturated carbocycles. The maximum atomic E-state index is 12.9. The number of hydrogen-bond donors (Lipinski definition) is 1. The Morgan fingerprint density at radius 3 is 2.54 bits per heavy atom. The van der Waals surface area contributed by atoms with Gasteiger partial charge in [-0.25, -0.2) is 8.96 Å². The molecule has 0 bridgehead atoms. The van der Waals surface area contributed by atoms with Crippen LogP contribution >= 0.6 is 0 Å². The van der Waals surface area contributed by atoms with Crippen molar-refractivity contribution in [2.45, 2.75) is 19.8 Å². The minimum Gasteiger partial charge on any atom is -0.399 e. The van der Waals surface area contributed by atoms with Gasteiger partial charge in [0.15, 0.2) is 0 Å². The summed E-state index contributed by atoms with van der Waals surface area (Å²) in [6, 6.07) is 12.9. The normalized spacial score (nSPS) is 10.9. The van der Waals surface area contributed by atoms with E-state index in [-0.39, 0.29) is 23.7 Å². The molecule has 0 saturated heterocycles. The predicted molar refractivity (Wildman–Crippen MR) is 92.7 cm³/mol. The molecule has 3 aromatic rings. The third kappa shape index (κ3) is 3.06. The van der Waals surface area contributed by atoms with E-state index in [2.05, 4.69) is 0 Å². The number of halogens is 1. The summed E-state index contributed by atoms with van der Waals surface area (Å²) in [4.78, 5) is 25.1. The van der Waals surface area contributed by atoms with E-state index >= 15 is 0 Å². The molecule has 0 amide bonds. The highest BCUT2D eigenvalue weighted by Crippen LogP contribution is 2.18. The van der Waals surface area contributed by atoms with Gasteiger partial charge in [-0.1, -0.05) is 18.2 Å². The molecule has 0 aliphatic heterocycles. The maximum Gasteiger partial charge on any atom is 0.260 e. The number of aromatic nitrogens is 1. The number of nitrogens with zero attached hydrogens (tertiary/aromatic N) is 1. The van der Waals surface area contributed by atoms with Gasteiger partial charge < -0.3 is 5.73 Å². The molecule has 5 heteroatoms. The van der Waals surface area contributed by atoms with Crippen molar-refractivity contribution in [3.05, 3.63) is 75.8 Å². The maximum absolute atomic E-state index is 12.9. The molecule has 0 atom stereocenters. The highest BCUT2D eigenvalue weighted by molar-refractivity contribution is 5.93. The van der Waals surface area contributed by atoms with Crippen LogP contribution in [-0.4, -0.2) is 10.5 Å². The second-order valence-electron chi connectivity index (χ2n) is 5.81. The van der Waals surface area contributed by atoms with Gasteiger partial charge in [0.05, 0.1) is 5.52 Å². The van der Waals surface area contributed by atoms with E-state index in [4.69, 9.17) is 5.73 Å². The molecule has 24 heavy (non-hydrogen) atoms. The van der Waals surface area contributed by atoms with Crippen LogP contribution in [0.25, 0.3) is 10.9 Å². The molecule has 1 heterocycles. The molecule has 0 unspecified atom stereocenters. The lowest BCUT2D eigenvalue weighted by atomic mass is 10.1. The minimum absolute atomic E-state index is 0.152. The van der Waals surface area contributed by atoms with Crippen molar-refractivity contribution in [3.63, 3.8) is 0 Å². The van der Waals surface area contributed by atoms with Crippen molar-refractivity contribution >= 4 is 22.5 Å². The SMILES string of the molecule is Cc1cc2ccc(N)cc2n(C(=O)CCc2ccc(F)cc2)c1=O. The van der Waals surface area contributed by atoms with Crippen LogP contribution in [0.5, 0.6) is 0 Å². The van der Waals surface area contributed by atoms with E-state index in [1.807, 2.05) is 0 Å². The van der Waals surface area contributed by atoms with Crippen molar-refractivity contribution in [2.24, 2.45) is 0 Å². The summed E-state index contributed by atoms with van der Waals surface area (Å²) in [7, 11) is 0. The van der Waals surface area contributed by atoms with Crippen molar-refractivity contribution in [1.82, 2.24) is 4.57 Å². The van der Waals surface area contributed by atoms with Crippen LogP contribution in [0.15, 0.2) is 53.3 Å². The van der Waals surface area contributed by atoms with Gasteiger partial charge in [0.1, 0.15) is 5.82 Å². The Hall–Kier alpha value is -2.95. The van der Waals surface area contributed by atoms with Gasteiger partial charge in [-0.05, 0) is 54.6 Å². The van der Waals surface area contributed by atoms with Crippen molar-refractivity contribution in [2.75, 3.05) is 5.73 Å². The van der Waals surface area contributed by atoms with Crippen molar-refractivity contribution in [1.29, 1.82) is 0 Å². The van der Waals surface area contributed by atoms with E-state index in [0.29, 0.717) is 23.2 Å². The van der Waals surface area contributed by atoms with E-state index in [0.717, 1.165) is 10.9 Å². The predicted octanol–water partition coefficient (Wildman–Crippen LogP) is 3.30. The zero-order chi connectivity index (χ0) is 17.3. The number of nitrogen functional groups attached to an aromatic ring is 1. The van der Waals surface area contributed by atoms with Gasteiger partial charge in [0.2, 0.25) is 5.91 Å². The fourth-order valence-corrected chi connectivity index (χ4v) is 2.72. The zero-order valence-electron chi connectivity index (χ0n) is 13.3. The summed E-state index contributed by atoms with van der Waals surface area (Å²) in [5.41, 5.74) is 7.81. The molecule has 2 N–H and O–H groups in total. The number of rotatable bonds is 3. The van der Waals surface area contributed by atoms with E-state index < -0.39 is 0 Å². The van der Waals surface area contributed by atoms with E-state index in [9.17, 15) is 14.0 Å². The number of hydrogen-bond acceptors (Lipinski definition) is 3. The second-order valence-corrected chi connectivity index (χ2v) is 5.81. The summed E-state index contributed by atoms with van der Waals surface area (Å²) in [5, 5.41) is 0.788. The fraction of sp³-hybridized carbons (Fsp3) is 0.158. The molecule has 3 rings (SSSR count). The highest BCUT2D eigenvalue weighted by Gasteiger charge is 2.14. The monoisotopic (exact) mass is 324 g/mol. The van der Waals surface area contributed by atoms with Gasteiger partial charge in [-0.15, -0.1) is 0 Å². The van der Waals surface area contributed by atoms with Gasteiger partial charge in [-0.2, -0.15) is 0 Å². The Bertz CT molecular complexity index is 975. The number of nitrogens with two attached hydrogens (primary N) is 1. The van der Waals surface area contributed by atoms with Crippen LogP contribution in [-0.2, 0) is 6.42 Å². The first-order valence-electron chi connectivity index (χ1n) is 7.65. The Kier molecular flexibility index (Phi) is 4.16. The van der Waals surface area contributed by atoms with Crippen molar-refractivity contribution < 1.29 is 9.18 Å². The molecule has 0 aliphatic rings. The average Bonchev–Trinajstić information content (AvgIpc) is 2.56. The van der Waals surface area contributed by atoms with Crippen LogP contribution in [0, 0.1) is 12.7 Å². The number of anilines is 1. The summed E-state index contributed by atoms with van der Waals surface area (Å²) in [6.45, 7) is 1.68. The van der Waals surface area contributed by atoms with Crippen LogP contribution in [0.3, 0.4) is 0 Å². The summed E-state index contributed by atoms with van der Waals surface area (Å²) >= 11 is 0. The lowest BCUT2D eigenvalue weighted by Gasteiger charge is -2.11. The van der Waals surface area contributed by atoms with Crippen LogP contribution in [0.4, 0.5) is 10.1 Å². The summed E-state index contributed by atoms with van der Waals surface area (Å²) in [5.74, 6) is -0.620. The number of benzene rings is 2. The van der Waals surface area contributed by atoms with Gasteiger partial charge in [0.25, 0.3) is 5.56 Å². The molecular weight excluding hydrogens is 307 g/mol. The number of carbonyl (C=O) groups excluding carboxylic acids is 1. The molecule has 0 aliphatic carbocycles. The molecule has 1 aromatic heterocycles. The third-order valence-corrected chi connectivity index (χ3v) is 4.00. The minimum atomic E-state index is -0.336. The first kappa shape index (κ1) is 15.9. The quantitative estimate of drug-likeness (QED) is 0.752. The van der Waals surface area contributed by atoms with E-state index in [1.165, 1.54) is 16.7 Å². The number of carbonyl (C=O) groups is 1. The first-order valence-corrected chi connectivity index (χ1v) is 7.65. The van der Waals surface area contributed by atoms with E-state index in [1.54, 1.807) is 43.3 Å². The zero-order valence-corrected chi connectivity index (χ0v) is 13.3. The number of fused-ring (bicyclic) bond motifs is 1. The molecule has 0 radical (unpaired) electrons. The second kappa shape index (κ2) is 6.28. The van der Waals surface area contributed by atoms with Gasteiger partial charge in [0, 0.05) is 17.7 Å². The smallest absolute Gasteiger partial charge is 0.260 e. The largest absolute Gasteiger partial charge is 0.399 e. The molecular formula is C19H17FN2O2. The average molecular weight is 324 g/mol. The number of aryl methyl sites for hydroxylation is 2. The lowest BCUT2D eigenvalue weighted by molar-refractivity contribution is 0.0904. The van der Waals surface area contributed by atoms with Gasteiger partial charge in [-0.3, -0.25) is 9.59 Å². The number of pyridine rings is 1. The lowest BCUT2D eigenvalue weighted by Crippen LogP contribution is -2.28. The molecule has 2 aromatic carbocycles. The third-order valence-electron chi connectivity index (χ3n) is 4.00. The molecule has 0 spiro atoms.